The molecule has 118 valence electrons. The van der Waals surface area contributed by atoms with Crippen LogP contribution in [0, 0.1) is 40.9 Å². The lowest BCUT2D eigenvalue weighted by molar-refractivity contribution is -0.154. The fourth-order valence-electron chi connectivity index (χ4n) is 7.20. The van der Waals surface area contributed by atoms with E-state index >= 15 is 0 Å². The van der Waals surface area contributed by atoms with Crippen molar-refractivity contribution in [2.45, 2.75) is 50.9 Å². The standard InChI is InChI=1S/C18H22O4/c19-15-13-12(11-7-21-17(15)22-11)14(13)16(20)18-4-8-1-9(5-18)3-10(2-8)6-18/h8-14,17H,1-7H2. The Labute approximate surface area is 129 Å². The largest absolute Gasteiger partial charge is 0.343 e. The molecule has 7 fully saturated rings. The van der Waals surface area contributed by atoms with Crippen molar-refractivity contribution in [2.24, 2.45) is 40.9 Å². The van der Waals surface area contributed by atoms with Crippen molar-refractivity contribution in [2.75, 3.05) is 6.61 Å². The van der Waals surface area contributed by atoms with Crippen LogP contribution < -0.4 is 0 Å². The molecule has 0 amide bonds. The van der Waals surface area contributed by atoms with Crippen LogP contribution in [-0.2, 0) is 19.1 Å². The highest BCUT2D eigenvalue weighted by molar-refractivity contribution is 6.00. The predicted octanol–water partition coefficient (Wildman–Crippen LogP) is 1.96. The van der Waals surface area contributed by atoms with E-state index in [0.717, 1.165) is 37.0 Å². The Hall–Kier alpha value is -0.740. The second kappa shape index (κ2) is 3.84. The second-order valence-corrected chi connectivity index (χ2v) is 8.93. The zero-order valence-electron chi connectivity index (χ0n) is 12.7. The van der Waals surface area contributed by atoms with E-state index < -0.39 is 6.29 Å². The summed E-state index contributed by atoms with van der Waals surface area (Å²) in [6, 6.07) is 0. The summed E-state index contributed by atoms with van der Waals surface area (Å²) in [4.78, 5) is 25.8. The Morgan fingerprint density at radius 1 is 1.05 bits per heavy atom. The molecule has 5 saturated carbocycles. The van der Waals surface area contributed by atoms with E-state index in [0.29, 0.717) is 12.4 Å². The van der Waals surface area contributed by atoms with Crippen molar-refractivity contribution in [3.05, 3.63) is 0 Å². The van der Waals surface area contributed by atoms with Gasteiger partial charge in [0.05, 0.1) is 12.7 Å². The summed E-state index contributed by atoms with van der Waals surface area (Å²) in [6.07, 6.45) is 6.70. The first kappa shape index (κ1) is 12.7. The molecule has 0 aromatic rings. The number of ether oxygens (including phenoxy) is 2. The van der Waals surface area contributed by atoms with Gasteiger partial charge < -0.3 is 9.47 Å². The molecule has 2 saturated heterocycles. The number of hydrogen-bond donors (Lipinski definition) is 0. The Morgan fingerprint density at radius 3 is 2.32 bits per heavy atom. The number of carbonyl (C=O) groups is 2. The van der Waals surface area contributed by atoms with Gasteiger partial charge in [-0.05, 0) is 56.3 Å². The van der Waals surface area contributed by atoms with Crippen molar-refractivity contribution in [1.82, 2.24) is 0 Å². The van der Waals surface area contributed by atoms with Gasteiger partial charge in [0.25, 0.3) is 0 Å². The molecule has 5 aliphatic carbocycles. The summed E-state index contributed by atoms with van der Waals surface area (Å²) >= 11 is 0. The molecule has 4 heteroatoms. The highest BCUT2D eigenvalue weighted by Gasteiger charge is 2.71. The van der Waals surface area contributed by atoms with Crippen molar-refractivity contribution >= 4 is 11.6 Å². The first-order chi connectivity index (χ1) is 10.6. The molecular formula is C18H22O4. The van der Waals surface area contributed by atoms with Crippen LogP contribution in [-0.4, -0.2) is 30.6 Å². The van der Waals surface area contributed by atoms with E-state index in [-0.39, 0.29) is 35.1 Å². The quantitative estimate of drug-likeness (QED) is 0.782. The first-order valence-electron chi connectivity index (χ1n) is 9.00. The minimum atomic E-state index is -0.666. The molecule has 4 nitrogen and oxygen atoms in total. The van der Waals surface area contributed by atoms with E-state index in [2.05, 4.69) is 0 Å². The van der Waals surface area contributed by atoms with E-state index in [4.69, 9.17) is 9.47 Å². The lowest BCUT2D eigenvalue weighted by Gasteiger charge is -2.56. The maximum Gasteiger partial charge on any atom is 0.218 e. The Balaban J connectivity index is 1.31. The van der Waals surface area contributed by atoms with Gasteiger partial charge in [0.2, 0.25) is 6.29 Å². The predicted molar refractivity (Wildman–Crippen MR) is 75.7 cm³/mol. The molecule has 6 bridgehead atoms. The summed E-state index contributed by atoms with van der Waals surface area (Å²) in [5, 5.41) is 0. The van der Waals surface area contributed by atoms with Crippen molar-refractivity contribution < 1.29 is 19.1 Å². The van der Waals surface area contributed by atoms with Gasteiger partial charge in [-0.1, -0.05) is 0 Å². The monoisotopic (exact) mass is 302 g/mol. The molecule has 2 aliphatic heterocycles. The molecule has 5 unspecified atom stereocenters. The van der Waals surface area contributed by atoms with Crippen molar-refractivity contribution in [3.8, 4) is 0 Å². The van der Waals surface area contributed by atoms with Gasteiger partial charge in [-0.25, -0.2) is 0 Å². The maximum atomic E-state index is 13.4. The molecule has 0 aromatic carbocycles. The zero-order valence-corrected chi connectivity index (χ0v) is 12.7. The van der Waals surface area contributed by atoms with E-state index in [1.807, 2.05) is 0 Å². The average Bonchev–Trinajstić information content (AvgIpc) is 3.07. The number of Topliss-reactive ketones (excluding diaryl/α,β-unsaturated/α-hetero) is 2. The van der Waals surface area contributed by atoms with Crippen LogP contribution in [0.1, 0.15) is 38.5 Å². The Kier molecular flexibility index (Phi) is 2.21. The summed E-state index contributed by atoms with van der Waals surface area (Å²) < 4.78 is 11.0. The first-order valence-corrected chi connectivity index (χ1v) is 9.00. The highest BCUT2D eigenvalue weighted by atomic mass is 16.7. The molecule has 0 aromatic heterocycles. The maximum absolute atomic E-state index is 13.4. The lowest BCUT2D eigenvalue weighted by Crippen LogP contribution is -2.50. The molecule has 0 spiro atoms. The van der Waals surface area contributed by atoms with Crippen molar-refractivity contribution in [1.29, 1.82) is 0 Å². The van der Waals surface area contributed by atoms with Gasteiger partial charge in [-0.3, -0.25) is 9.59 Å². The smallest absolute Gasteiger partial charge is 0.218 e. The minimum Gasteiger partial charge on any atom is -0.343 e. The van der Waals surface area contributed by atoms with Crippen LogP contribution in [0.15, 0.2) is 0 Å². The van der Waals surface area contributed by atoms with Crippen LogP contribution >= 0.6 is 0 Å². The molecular weight excluding hydrogens is 280 g/mol. The van der Waals surface area contributed by atoms with Gasteiger partial charge >= 0.3 is 0 Å². The Bertz CT molecular complexity index is 546. The van der Waals surface area contributed by atoms with Gasteiger partial charge in [-0.15, -0.1) is 0 Å². The van der Waals surface area contributed by atoms with Gasteiger partial charge in [-0.2, -0.15) is 0 Å². The number of ketones is 2. The van der Waals surface area contributed by atoms with Crippen molar-refractivity contribution in [3.63, 3.8) is 0 Å². The topological polar surface area (TPSA) is 52.6 Å². The van der Waals surface area contributed by atoms with E-state index in [1.54, 1.807) is 0 Å². The third-order valence-electron chi connectivity index (χ3n) is 7.64. The third kappa shape index (κ3) is 1.42. The fraction of sp³-hybridized carbons (Fsp3) is 0.889. The number of carbonyl (C=O) groups excluding carboxylic acids is 2. The number of fused-ring (bicyclic) bond motifs is 4. The minimum absolute atomic E-state index is 0.00411. The SMILES string of the molecule is O=C1C2OCC(O2)C2C1C2C(=O)C12CC3CC(CC(C3)C1)C2. The molecule has 0 N–H and O–H groups in total. The molecule has 7 aliphatic rings. The molecule has 0 radical (unpaired) electrons. The second-order valence-electron chi connectivity index (χ2n) is 8.93. The molecule has 7 rings (SSSR count). The van der Waals surface area contributed by atoms with E-state index in [1.165, 1.54) is 19.3 Å². The zero-order chi connectivity index (χ0) is 14.6. The summed E-state index contributed by atoms with van der Waals surface area (Å²) in [6.45, 7) is 0.502. The highest BCUT2D eigenvalue weighted by Crippen LogP contribution is 2.65. The van der Waals surface area contributed by atoms with Crippen LogP contribution in [0.2, 0.25) is 0 Å². The van der Waals surface area contributed by atoms with Crippen LogP contribution in [0.4, 0.5) is 0 Å². The van der Waals surface area contributed by atoms with Gasteiger partial charge in [0.1, 0.15) is 5.78 Å². The summed E-state index contributed by atoms with van der Waals surface area (Å²) in [5.74, 6) is 2.84. The third-order valence-corrected chi connectivity index (χ3v) is 7.64. The normalized spacial score (nSPS) is 60.5. The van der Waals surface area contributed by atoms with Gasteiger partial charge in [0.15, 0.2) is 5.78 Å². The fourth-order valence-corrected chi connectivity index (χ4v) is 7.20. The molecule has 2 heterocycles. The summed E-state index contributed by atoms with van der Waals surface area (Å²) in [5.41, 5.74) is -0.0723. The molecule has 5 atom stereocenters. The van der Waals surface area contributed by atoms with Crippen LogP contribution in [0.3, 0.4) is 0 Å². The number of rotatable bonds is 2. The van der Waals surface area contributed by atoms with Crippen LogP contribution in [0.5, 0.6) is 0 Å². The Morgan fingerprint density at radius 2 is 1.68 bits per heavy atom. The molecule has 22 heavy (non-hydrogen) atoms. The lowest BCUT2D eigenvalue weighted by atomic mass is 9.48. The van der Waals surface area contributed by atoms with Gasteiger partial charge in [0, 0.05) is 23.2 Å². The van der Waals surface area contributed by atoms with E-state index in [9.17, 15) is 9.59 Å². The number of hydrogen-bond acceptors (Lipinski definition) is 4. The average molecular weight is 302 g/mol. The van der Waals surface area contributed by atoms with Crippen LogP contribution in [0.25, 0.3) is 0 Å². The summed E-state index contributed by atoms with van der Waals surface area (Å²) in [7, 11) is 0.